The number of nitrogens with one attached hydrogen (secondary N) is 1. The van der Waals surface area contributed by atoms with Crippen molar-refractivity contribution < 1.29 is 9.47 Å². The van der Waals surface area contributed by atoms with E-state index in [4.69, 9.17) is 21.7 Å². The summed E-state index contributed by atoms with van der Waals surface area (Å²) >= 11 is 5.49. The summed E-state index contributed by atoms with van der Waals surface area (Å²) in [6.07, 6.45) is 0. The first-order valence-electron chi connectivity index (χ1n) is 7.14. The predicted octanol–water partition coefficient (Wildman–Crippen LogP) is 4.40. The Labute approximate surface area is 131 Å². The van der Waals surface area contributed by atoms with E-state index in [1.165, 1.54) is 0 Å². The number of aromatic amines is 1. The average Bonchev–Trinajstić information content (AvgIpc) is 2.72. The SMILES string of the molecule is COc1cc2[nH]c(=S)n(CC(C)(C)C(C)C)c2cc1OC. The summed E-state index contributed by atoms with van der Waals surface area (Å²) in [5.41, 5.74) is 2.17. The van der Waals surface area contributed by atoms with Gasteiger partial charge in [-0.25, -0.2) is 0 Å². The van der Waals surface area contributed by atoms with Crippen LogP contribution in [0.5, 0.6) is 11.5 Å². The number of methoxy groups -OCH3 is 2. The lowest BCUT2D eigenvalue weighted by molar-refractivity contribution is 0.211. The number of fused-ring (bicyclic) bond motifs is 1. The van der Waals surface area contributed by atoms with Gasteiger partial charge < -0.3 is 19.0 Å². The smallest absolute Gasteiger partial charge is 0.178 e. The summed E-state index contributed by atoms with van der Waals surface area (Å²) in [4.78, 5) is 3.26. The fraction of sp³-hybridized carbons (Fsp3) is 0.562. The zero-order valence-electron chi connectivity index (χ0n) is 13.6. The first kappa shape index (κ1) is 15.9. The summed E-state index contributed by atoms with van der Waals surface area (Å²) in [5.74, 6) is 1.98. The van der Waals surface area contributed by atoms with Crippen molar-refractivity contribution in [3.8, 4) is 11.5 Å². The van der Waals surface area contributed by atoms with Gasteiger partial charge >= 0.3 is 0 Å². The van der Waals surface area contributed by atoms with Gasteiger partial charge in [-0.05, 0) is 23.6 Å². The first-order valence-corrected chi connectivity index (χ1v) is 7.55. The predicted molar refractivity (Wildman–Crippen MR) is 88.8 cm³/mol. The van der Waals surface area contributed by atoms with Gasteiger partial charge in [-0.3, -0.25) is 0 Å². The summed E-state index contributed by atoms with van der Waals surface area (Å²) in [6, 6.07) is 3.92. The van der Waals surface area contributed by atoms with Gasteiger partial charge in [-0.15, -0.1) is 0 Å². The average molecular weight is 308 g/mol. The number of hydrogen-bond acceptors (Lipinski definition) is 3. The van der Waals surface area contributed by atoms with E-state index in [2.05, 4.69) is 37.2 Å². The van der Waals surface area contributed by atoms with Gasteiger partial charge in [0.05, 0.1) is 25.3 Å². The molecule has 0 aliphatic rings. The maximum Gasteiger partial charge on any atom is 0.178 e. The number of benzene rings is 1. The minimum absolute atomic E-state index is 0.153. The highest BCUT2D eigenvalue weighted by Gasteiger charge is 2.24. The summed E-state index contributed by atoms with van der Waals surface area (Å²) in [5, 5.41) is 0. The molecule has 1 aromatic carbocycles. The minimum atomic E-state index is 0.153. The van der Waals surface area contributed by atoms with E-state index in [1.807, 2.05) is 12.1 Å². The van der Waals surface area contributed by atoms with Crippen LogP contribution in [0.2, 0.25) is 0 Å². The largest absolute Gasteiger partial charge is 0.493 e. The Hall–Kier alpha value is -1.49. The molecule has 5 heteroatoms. The third kappa shape index (κ3) is 2.93. The molecule has 1 N–H and O–H groups in total. The zero-order valence-corrected chi connectivity index (χ0v) is 14.4. The molecule has 0 saturated carbocycles. The molecule has 4 nitrogen and oxygen atoms in total. The van der Waals surface area contributed by atoms with Gasteiger partial charge in [0, 0.05) is 18.7 Å². The highest BCUT2D eigenvalue weighted by molar-refractivity contribution is 7.71. The van der Waals surface area contributed by atoms with Crippen LogP contribution in [0.3, 0.4) is 0 Å². The van der Waals surface area contributed by atoms with Gasteiger partial charge in [0.2, 0.25) is 0 Å². The Bertz CT molecular complexity index is 698. The van der Waals surface area contributed by atoms with Crippen LogP contribution in [-0.4, -0.2) is 23.8 Å². The third-order valence-corrected chi connectivity index (χ3v) is 4.73. The third-order valence-electron chi connectivity index (χ3n) is 4.41. The van der Waals surface area contributed by atoms with E-state index in [9.17, 15) is 0 Å². The first-order chi connectivity index (χ1) is 9.80. The topological polar surface area (TPSA) is 39.2 Å². The molecule has 2 aromatic rings. The van der Waals surface area contributed by atoms with E-state index < -0.39 is 0 Å². The number of rotatable bonds is 5. The normalized spacial score (nSPS) is 12.1. The van der Waals surface area contributed by atoms with Crippen LogP contribution >= 0.6 is 12.2 Å². The van der Waals surface area contributed by atoms with Crippen molar-refractivity contribution in [3.05, 3.63) is 16.9 Å². The highest BCUT2D eigenvalue weighted by Crippen LogP contribution is 2.34. The van der Waals surface area contributed by atoms with Gasteiger partial charge in [0.15, 0.2) is 16.3 Å². The number of H-pyrrole nitrogens is 1. The van der Waals surface area contributed by atoms with Crippen LogP contribution in [0.25, 0.3) is 11.0 Å². The van der Waals surface area contributed by atoms with Crippen molar-refractivity contribution in [1.29, 1.82) is 0 Å². The Kier molecular flexibility index (Phi) is 4.33. The van der Waals surface area contributed by atoms with E-state index in [-0.39, 0.29) is 5.41 Å². The fourth-order valence-corrected chi connectivity index (χ4v) is 2.50. The van der Waals surface area contributed by atoms with E-state index in [0.717, 1.165) is 28.1 Å². The van der Waals surface area contributed by atoms with Crippen LogP contribution in [-0.2, 0) is 6.54 Å². The maximum atomic E-state index is 5.49. The van der Waals surface area contributed by atoms with Crippen LogP contribution in [0.4, 0.5) is 0 Å². The molecule has 0 radical (unpaired) electrons. The standard InChI is InChI=1S/C16H24N2O2S/c1-10(2)16(3,4)9-18-12-8-14(20-6)13(19-5)7-11(12)17-15(18)21/h7-8,10H,9H2,1-6H3,(H,17,21). The molecular formula is C16H24N2O2S. The molecule has 0 atom stereocenters. The van der Waals surface area contributed by atoms with Crippen molar-refractivity contribution >= 4 is 23.3 Å². The van der Waals surface area contributed by atoms with Gasteiger partial charge in [0.1, 0.15) is 0 Å². The van der Waals surface area contributed by atoms with Crippen molar-refractivity contribution in [2.45, 2.75) is 34.2 Å². The quantitative estimate of drug-likeness (QED) is 0.832. The van der Waals surface area contributed by atoms with Crippen LogP contribution < -0.4 is 9.47 Å². The van der Waals surface area contributed by atoms with Crippen LogP contribution in [0.1, 0.15) is 27.7 Å². The molecule has 0 bridgehead atoms. The molecule has 0 aliphatic carbocycles. The zero-order chi connectivity index (χ0) is 15.8. The summed E-state index contributed by atoms with van der Waals surface area (Å²) < 4.78 is 13.6. The summed E-state index contributed by atoms with van der Waals surface area (Å²) in [7, 11) is 3.28. The molecule has 0 saturated heterocycles. The lowest BCUT2D eigenvalue weighted by Crippen LogP contribution is -2.25. The Balaban J connectivity index is 2.59. The van der Waals surface area contributed by atoms with E-state index in [0.29, 0.717) is 11.7 Å². The van der Waals surface area contributed by atoms with Gasteiger partial charge in [-0.1, -0.05) is 27.7 Å². The molecule has 1 aromatic heterocycles. The van der Waals surface area contributed by atoms with E-state index >= 15 is 0 Å². The second kappa shape index (κ2) is 5.72. The van der Waals surface area contributed by atoms with Crippen molar-refractivity contribution in [2.75, 3.05) is 14.2 Å². The molecule has 0 spiro atoms. The molecule has 21 heavy (non-hydrogen) atoms. The second-order valence-electron chi connectivity index (χ2n) is 6.38. The lowest BCUT2D eigenvalue weighted by Gasteiger charge is -2.29. The molecule has 0 unspecified atom stereocenters. The van der Waals surface area contributed by atoms with Crippen molar-refractivity contribution in [2.24, 2.45) is 11.3 Å². The molecule has 0 aliphatic heterocycles. The molecule has 116 valence electrons. The Morgan fingerprint density at radius 1 is 1.19 bits per heavy atom. The molecular weight excluding hydrogens is 284 g/mol. The number of aromatic nitrogens is 2. The molecule has 2 rings (SSSR count). The molecule has 0 amide bonds. The number of imidazole rings is 1. The Morgan fingerprint density at radius 2 is 1.76 bits per heavy atom. The fourth-order valence-electron chi connectivity index (χ4n) is 2.23. The van der Waals surface area contributed by atoms with Crippen molar-refractivity contribution in [3.63, 3.8) is 0 Å². The minimum Gasteiger partial charge on any atom is -0.493 e. The number of hydrogen-bond donors (Lipinski definition) is 1. The van der Waals surface area contributed by atoms with E-state index in [1.54, 1.807) is 14.2 Å². The molecule has 1 heterocycles. The van der Waals surface area contributed by atoms with Crippen molar-refractivity contribution in [1.82, 2.24) is 9.55 Å². The Morgan fingerprint density at radius 3 is 2.29 bits per heavy atom. The van der Waals surface area contributed by atoms with Crippen LogP contribution in [0.15, 0.2) is 12.1 Å². The highest BCUT2D eigenvalue weighted by atomic mass is 32.1. The number of ether oxygens (including phenoxy) is 2. The van der Waals surface area contributed by atoms with Gasteiger partial charge in [-0.2, -0.15) is 0 Å². The van der Waals surface area contributed by atoms with Crippen LogP contribution in [0, 0.1) is 16.1 Å². The lowest BCUT2D eigenvalue weighted by atomic mass is 9.81. The summed E-state index contributed by atoms with van der Waals surface area (Å²) in [6.45, 7) is 9.86. The number of nitrogens with zero attached hydrogens (tertiary/aromatic N) is 1. The monoisotopic (exact) mass is 308 g/mol. The second-order valence-corrected chi connectivity index (χ2v) is 6.77. The maximum absolute atomic E-state index is 5.49. The molecule has 0 fully saturated rings. The van der Waals surface area contributed by atoms with Gasteiger partial charge in [0.25, 0.3) is 0 Å².